The van der Waals surface area contributed by atoms with Crippen molar-refractivity contribution in [1.82, 2.24) is 0 Å². The SMILES string of the molecule is O=[N+]([O-])C=C(I)c1ccccc1. The highest BCUT2D eigenvalue weighted by atomic mass is 127. The third-order valence-corrected chi connectivity index (χ3v) is 2.17. The molecule has 0 aliphatic carbocycles. The second-order valence-electron chi connectivity index (χ2n) is 2.13. The van der Waals surface area contributed by atoms with E-state index in [4.69, 9.17) is 0 Å². The lowest BCUT2D eigenvalue weighted by molar-refractivity contribution is -0.401. The molecule has 0 N–H and O–H groups in total. The van der Waals surface area contributed by atoms with Crippen LogP contribution in [0.2, 0.25) is 0 Å². The van der Waals surface area contributed by atoms with Gasteiger partial charge in [-0.1, -0.05) is 30.3 Å². The van der Waals surface area contributed by atoms with Crippen LogP contribution in [0.15, 0.2) is 36.5 Å². The maximum atomic E-state index is 10.1. The molecule has 0 fully saturated rings. The van der Waals surface area contributed by atoms with Gasteiger partial charge < -0.3 is 0 Å². The predicted octanol–water partition coefficient (Wildman–Crippen LogP) is 2.70. The molecule has 0 atom stereocenters. The van der Waals surface area contributed by atoms with Crippen LogP contribution in [0.3, 0.4) is 0 Å². The van der Waals surface area contributed by atoms with Gasteiger partial charge in [0.05, 0.1) is 8.50 Å². The molecule has 0 bridgehead atoms. The van der Waals surface area contributed by atoms with Gasteiger partial charge in [0.25, 0.3) is 0 Å². The van der Waals surface area contributed by atoms with Crippen molar-refractivity contribution in [2.24, 2.45) is 0 Å². The van der Waals surface area contributed by atoms with Gasteiger partial charge in [-0.25, -0.2) is 0 Å². The zero-order valence-electron chi connectivity index (χ0n) is 6.11. The lowest BCUT2D eigenvalue weighted by Crippen LogP contribution is -1.85. The molecule has 0 aliphatic heterocycles. The fraction of sp³-hybridized carbons (Fsp3) is 0. The number of rotatable bonds is 2. The Labute approximate surface area is 83.4 Å². The Hall–Kier alpha value is -0.910. The second kappa shape index (κ2) is 4.20. The normalized spacial score (nSPS) is 11.2. The van der Waals surface area contributed by atoms with Crippen molar-refractivity contribution in [1.29, 1.82) is 0 Å². The molecule has 1 aromatic rings. The van der Waals surface area contributed by atoms with Crippen LogP contribution in [-0.2, 0) is 0 Å². The van der Waals surface area contributed by atoms with Gasteiger partial charge in [0.2, 0.25) is 6.20 Å². The molecule has 3 nitrogen and oxygen atoms in total. The lowest BCUT2D eigenvalue weighted by Gasteiger charge is -1.93. The summed E-state index contributed by atoms with van der Waals surface area (Å²) in [7, 11) is 0. The Bertz CT molecular complexity index is 308. The Morgan fingerprint density at radius 2 is 2.00 bits per heavy atom. The van der Waals surface area contributed by atoms with E-state index >= 15 is 0 Å². The highest BCUT2D eigenvalue weighted by Gasteiger charge is 1.99. The average Bonchev–Trinajstić information content (AvgIpc) is 2.05. The quantitative estimate of drug-likeness (QED) is 0.473. The van der Waals surface area contributed by atoms with E-state index in [0.717, 1.165) is 11.8 Å². The molecule has 0 amide bonds. The van der Waals surface area contributed by atoms with E-state index in [-0.39, 0.29) is 0 Å². The van der Waals surface area contributed by atoms with Crippen LogP contribution < -0.4 is 0 Å². The molecular weight excluding hydrogens is 269 g/mol. The molecule has 1 aromatic carbocycles. The molecule has 0 radical (unpaired) electrons. The smallest absolute Gasteiger partial charge is 0.248 e. The van der Waals surface area contributed by atoms with Gasteiger partial charge in [0.1, 0.15) is 0 Å². The minimum Gasteiger partial charge on any atom is -0.259 e. The highest BCUT2D eigenvalue weighted by molar-refractivity contribution is 14.1. The third-order valence-electron chi connectivity index (χ3n) is 1.27. The lowest BCUT2D eigenvalue weighted by atomic mass is 10.2. The molecule has 1 rings (SSSR count). The van der Waals surface area contributed by atoms with Crippen molar-refractivity contribution >= 4 is 26.2 Å². The molecule has 4 heteroatoms. The van der Waals surface area contributed by atoms with Crippen LogP contribution in [0.25, 0.3) is 3.58 Å². The van der Waals surface area contributed by atoms with Crippen molar-refractivity contribution in [3.8, 4) is 0 Å². The van der Waals surface area contributed by atoms with Crippen molar-refractivity contribution in [3.63, 3.8) is 0 Å². The number of nitro groups is 1. The highest BCUT2D eigenvalue weighted by Crippen LogP contribution is 2.20. The van der Waals surface area contributed by atoms with Crippen LogP contribution in [-0.4, -0.2) is 4.92 Å². The summed E-state index contributed by atoms with van der Waals surface area (Å²) < 4.78 is 0.637. The summed E-state index contributed by atoms with van der Waals surface area (Å²) in [4.78, 5) is 9.66. The number of hydrogen-bond acceptors (Lipinski definition) is 2. The summed E-state index contributed by atoms with van der Waals surface area (Å²) in [5.41, 5.74) is 0.870. The molecule has 62 valence electrons. The Balaban J connectivity index is 2.93. The van der Waals surface area contributed by atoms with Crippen molar-refractivity contribution in [2.75, 3.05) is 0 Å². The first-order valence-electron chi connectivity index (χ1n) is 3.26. The molecule has 0 heterocycles. The van der Waals surface area contributed by atoms with Gasteiger partial charge >= 0.3 is 0 Å². The van der Waals surface area contributed by atoms with Gasteiger partial charge in [0.15, 0.2) is 0 Å². The van der Waals surface area contributed by atoms with Crippen molar-refractivity contribution < 1.29 is 4.92 Å². The van der Waals surface area contributed by atoms with Crippen LogP contribution >= 0.6 is 22.6 Å². The molecule has 0 aromatic heterocycles. The van der Waals surface area contributed by atoms with Gasteiger partial charge in [-0.3, -0.25) is 10.1 Å². The van der Waals surface area contributed by atoms with Gasteiger partial charge in [0, 0.05) is 0 Å². The summed E-state index contributed by atoms with van der Waals surface area (Å²) >= 11 is 1.94. The van der Waals surface area contributed by atoms with Crippen molar-refractivity contribution in [3.05, 3.63) is 52.2 Å². The molecular formula is C8H6INO2. The largest absolute Gasteiger partial charge is 0.259 e. The molecule has 0 unspecified atom stereocenters. The fourth-order valence-corrected chi connectivity index (χ4v) is 1.35. The number of nitrogens with zero attached hydrogens (tertiary/aromatic N) is 1. The van der Waals surface area contributed by atoms with Crippen LogP contribution in [0, 0.1) is 10.1 Å². The Morgan fingerprint density at radius 1 is 1.42 bits per heavy atom. The summed E-state index contributed by atoms with van der Waals surface area (Å²) in [6, 6.07) is 9.24. The summed E-state index contributed by atoms with van der Waals surface area (Å²) in [5, 5.41) is 10.1. The number of halogens is 1. The minimum absolute atomic E-state index is 0.450. The first kappa shape index (κ1) is 9.18. The van der Waals surface area contributed by atoms with Crippen LogP contribution in [0.1, 0.15) is 5.56 Å². The van der Waals surface area contributed by atoms with E-state index in [1.807, 2.05) is 52.9 Å². The summed E-state index contributed by atoms with van der Waals surface area (Å²) in [6.07, 6.45) is 0.996. The second-order valence-corrected chi connectivity index (χ2v) is 3.29. The van der Waals surface area contributed by atoms with Gasteiger partial charge in [-0.15, -0.1) is 0 Å². The molecule has 12 heavy (non-hydrogen) atoms. The van der Waals surface area contributed by atoms with Crippen molar-refractivity contribution in [2.45, 2.75) is 0 Å². The van der Waals surface area contributed by atoms with E-state index < -0.39 is 4.92 Å². The predicted molar refractivity (Wildman–Crippen MR) is 55.4 cm³/mol. The van der Waals surface area contributed by atoms with Gasteiger partial charge in [-0.05, 0) is 28.2 Å². The average molecular weight is 275 g/mol. The van der Waals surface area contributed by atoms with E-state index in [1.165, 1.54) is 0 Å². The van der Waals surface area contributed by atoms with E-state index in [9.17, 15) is 10.1 Å². The number of benzene rings is 1. The van der Waals surface area contributed by atoms with Crippen LogP contribution in [0.5, 0.6) is 0 Å². The van der Waals surface area contributed by atoms with Gasteiger partial charge in [-0.2, -0.15) is 0 Å². The maximum absolute atomic E-state index is 10.1. The molecule has 0 saturated carbocycles. The topological polar surface area (TPSA) is 43.1 Å². The van der Waals surface area contributed by atoms with E-state index in [2.05, 4.69) is 0 Å². The summed E-state index contributed by atoms with van der Waals surface area (Å²) in [5.74, 6) is 0. The number of hydrogen-bond donors (Lipinski definition) is 0. The Morgan fingerprint density at radius 3 is 2.50 bits per heavy atom. The zero-order valence-corrected chi connectivity index (χ0v) is 8.26. The Kier molecular flexibility index (Phi) is 3.21. The standard InChI is InChI=1S/C8H6INO2/c9-8(6-10(11)12)7-4-2-1-3-5-7/h1-6H. The van der Waals surface area contributed by atoms with Crippen LogP contribution in [0.4, 0.5) is 0 Å². The first-order chi connectivity index (χ1) is 5.70. The van der Waals surface area contributed by atoms with E-state index in [0.29, 0.717) is 3.58 Å². The molecule has 0 aliphatic rings. The fourth-order valence-electron chi connectivity index (χ4n) is 0.764. The molecule has 0 spiro atoms. The minimum atomic E-state index is -0.450. The third kappa shape index (κ3) is 2.61. The van der Waals surface area contributed by atoms with E-state index in [1.54, 1.807) is 0 Å². The maximum Gasteiger partial charge on any atom is 0.248 e. The zero-order chi connectivity index (χ0) is 8.97. The first-order valence-corrected chi connectivity index (χ1v) is 4.34. The monoisotopic (exact) mass is 275 g/mol. The molecule has 0 saturated heterocycles. The summed E-state index contributed by atoms with van der Waals surface area (Å²) in [6.45, 7) is 0.